The minimum absolute atomic E-state index is 0.0668. The van der Waals surface area contributed by atoms with Gasteiger partial charge in [-0.15, -0.1) is 0 Å². The number of carboxylic acid groups (broad SMARTS) is 1. The molecule has 1 fully saturated rings. The topological polar surface area (TPSA) is 98.8 Å². The molecule has 0 aliphatic carbocycles. The summed E-state index contributed by atoms with van der Waals surface area (Å²) >= 11 is 5.47. The predicted octanol–water partition coefficient (Wildman–Crippen LogP) is 3.00. The lowest BCUT2D eigenvalue weighted by atomic mass is 10.0. The fourth-order valence-electron chi connectivity index (χ4n) is 3.60. The van der Waals surface area contributed by atoms with Crippen LogP contribution in [0, 0.1) is 0 Å². The summed E-state index contributed by atoms with van der Waals surface area (Å²) in [5.74, 6) is 0.0479. The van der Waals surface area contributed by atoms with Crippen LogP contribution in [-0.4, -0.2) is 44.3 Å². The Labute approximate surface area is 172 Å². The van der Waals surface area contributed by atoms with E-state index in [1.165, 1.54) is 0 Å². The second kappa shape index (κ2) is 8.02. The molecule has 7 nitrogen and oxygen atoms in total. The highest BCUT2D eigenvalue weighted by Crippen LogP contribution is 2.40. The molecule has 3 N–H and O–H groups in total. The monoisotopic (exact) mass is 409 g/mol. The quantitative estimate of drug-likeness (QED) is 0.535. The van der Waals surface area contributed by atoms with Crippen molar-refractivity contribution >= 4 is 23.3 Å². The Morgan fingerprint density at radius 2 is 1.97 bits per heavy atom. The minimum Gasteiger partial charge on any atom is -0.478 e. The van der Waals surface area contributed by atoms with E-state index in [1.54, 1.807) is 36.5 Å². The number of pyridine rings is 1. The number of thiocarbonyl (C=S) groups is 1. The fraction of sp³-hybridized carbons (Fsp3) is 0.190. The van der Waals surface area contributed by atoms with Crippen molar-refractivity contribution in [1.29, 1.82) is 0 Å². The third-order valence-electron chi connectivity index (χ3n) is 4.88. The Bertz CT molecular complexity index is 1040. The van der Waals surface area contributed by atoms with Crippen LogP contribution in [0.2, 0.25) is 0 Å². The summed E-state index contributed by atoms with van der Waals surface area (Å²) in [5.41, 5.74) is 1.47. The molecule has 0 saturated carbocycles. The number of carbonyl (C=O) groups is 1. The van der Waals surface area contributed by atoms with E-state index < -0.39 is 5.97 Å². The number of benzene rings is 1. The van der Waals surface area contributed by atoms with Crippen molar-refractivity contribution in [3.63, 3.8) is 0 Å². The number of nitrogens with zero attached hydrogens (tertiary/aromatic N) is 2. The van der Waals surface area contributed by atoms with Gasteiger partial charge in [-0.1, -0.05) is 24.3 Å². The van der Waals surface area contributed by atoms with Crippen LogP contribution in [0.1, 0.15) is 33.9 Å². The van der Waals surface area contributed by atoms with Gasteiger partial charge in [0.05, 0.1) is 23.9 Å². The number of aromatic carboxylic acids is 1. The maximum atomic E-state index is 11.6. The number of hydrogen-bond acceptors (Lipinski definition) is 5. The van der Waals surface area contributed by atoms with E-state index in [0.717, 1.165) is 5.69 Å². The number of aromatic nitrogens is 1. The first kappa shape index (κ1) is 19.1. The molecule has 29 heavy (non-hydrogen) atoms. The molecular formula is C21H19N3O4S. The number of aliphatic hydroxyl groups excluding tert-OH is 1. The van der Waals surface area contributed by atoms with Gasteiger partial charge in [0.1, 0.15) is 17.6 Å². The number of furan rings is 1. The summed E-state index contributed by atoms with van der Waals surface area (Å²) in [7, 11) is 0. The Hall–Kier alpha value is -3.23. The van der Waals surface area contributed by atoms with Crippen LogP contribution in [0.25, 0.3) is 11.3 Å². The molecule has 2 aromatic heterocycles. The fourth-order valence-corrected chi connectivity index (χ4v) is 3.94. The van der Waals surface area contributed by atoms with E-state index in [0.29, 0.717) is 28.7 Å². The molecule has 2 atom stereocenters. The lowest BCUT2D eigenvalue weighted by Crippen LogP contribution is -2.32. The zero-order valence-corrected chi connectivity index (χ0v) is 16.2. The highest BCUT2D eigenvalue weighted by Gasteiger charge is 2.41. The highest BCUT2D eigenvalue weighted by atomic mass is 32.1. The zero-order valence-electron chi connectivity index (χ0n) is 15.4. The summed E-state index contributed by atoms with van der Waals surface area (Å²) in [6, 6.07) is 15.3. The van der Waals surface area contributed by atoms with E-state index in [9.17, 15) is 15.0 Å². The van der Waals surface area contributed by atoms with Crippen molar-refractivity contribution in [3.05, 3.63) is 77.8 Å². The summed E-state index contributed by atoms with van der Waals surface area (Å²) in [5, 5.41) is 22.7. The molecule has 0 bridgehead atoms. The number of nitrogens with one attached hydrogen (secondary N) is 1. The third kappa shape index (κ3) is 3.59. The molecule has 0 amide bonds. The van der Waals surface area contributed by atoms with Crippen LogP contribution in [0.5, 0.6) is 0 Å². The Morgan fingerprint density at radius 3 is 2.69 bits per heavy atom. The average Bonchev–Trinajstić information content (AvgIpc) is 3.34. The van der Waals surface area contributed by atoms with E-state index in [1.807, 2.05) is 29.2 Å². The van der Waals surface area contributed by atoms with Gasteiger partial charge in [0.25, 0.3) is 0 Å². The molecule has 0 unspecified atom stereocenters. The second-order valence-corrected chi connectivity index (χ2v) is 6.98. The molecule has 1 aromatic carbocycles. The molecule has 0 radical (unpaired) electrons. The first-order valence-electron chi connectivity index (χ1n) is 9.11. The van der Waals surface area contributed by atoms with Gasteiger partial charge in [0, 0.05) is 18.3 Å². The Balaban J connectivity index is 1.75. The first-order valence-corrected chi connectivity index (χ1v) is 9.52. The van der Waals surface area contributed by atoms with Gasteiger partial charge in [-0.25, -0.2) is 4.79 Å². The average molecular weight is 409 g/mol. The van der Waals surface area contributed by atoms with Crippen molar-refractivity contribution < 1.29 is 19.4 Å². The van der Waals surface area contributed by atoms with Gasteiger partial charge < -0.3 is 24.8 Å². The summed E-state index contributed by atoms with van der Waals surface area (Å²) in [6.45, 7) is 0.268. The second-order valence-electron chi connectivity index (χ2n) is 6.60. The maximum Gasteiger partial charge on any atom is 0.336 e. The molecular weight excluding hydrogens is 390 g/mol. The molecule has 8 heteroatoms. The highest BCUT2D eigenvalue weighted by molar-refractivity contribution is 7.80. The number of β-amino-alcohol motifs (C(OH)–C–C–N with tert-alkyl or cyclic N) is 1. The lowest BCUT2D eigenvalue weighted by molar-refractivity contribution is 0.0697. The molecule has 3 heterocycles. The van der Waals surface area contributed by atoms with Crippen LogP contribution in [0.3, 0.4) is 0 Å². The SMILES string of the molecule is O=C(O)c1ccccc1-c1ccc([C@@H]2[C@@H](c3ccccn3)NC(=S)N2CCO)o1. The van der Waals surface area contributed by atoms with Crippen molar-refractivity contribution in [2.45, 2.75) is 12.1 Å². The normalized spacial score (nSPS) is 18.7. The number of hydrogen-bond donors (Lipinski definition) is 3. The van der Waals surface area contributed by atoms with E-state index in [-0.39, 0.29) is 24.3 Å². The molecule has 1 aliphatic rings. The van der Waals surface area contributed by atoms with Crippen LogP contribution >= 0.6 is 12.2 Å². The predicted molar refractivity (Wildman–Crippen MR) is 110 cm³/mol. The van der Waals surface area contributed by atoms with Crippen molar-refractivity contribution in [2.24, 2.45) is 0 Å². The number of carboxylic acids is 1. The molecule has 1 saturated heterocycles. The van der Waals surface area contributed by atoms with E-state index in [4.69, 9.17) is 16.6 Å². The third-order valence-corrected chi connectivity index (χ3v) is 5.23. The van der Waals surface area contributed by atoms with Crippen molar-refractivity contribution in [2.75, 3.05) is 13.2 Å². The molecule has 4 rings (SSSR count). The lowest BCUT2D eigenvalue weighted by Gasteiger charge is -2.25. The molecule has 148 valence electrons. The smallest absolute Gasteiger partial charge is 0.336 e. The Kier molecular flexibility index (Phi) is 5.28. The minimum atomic E-state index is -1.02. The Morgan fingerprint density at radius 1 is 1.17 bits per heavy atom. The van der Waals surface area contributed by atoms with Gasteiger partial charge in [0.2, 0.25) is 0 Å². The zero-order chi connectivity index (χ0) is 20.4. The number of aliphatic hydroxyl groups is 1. The molecule has 1 aliphatic heterocycles. The van der Waals surface area contributed by atoms with Crippen LogP contribution in [0.4, 0.5) is 0 Å². The maximum absolute atomic E-state index is 11.6. The molecule has 0 spiro atoms. The van der Waals surface area contributed by atoms with Crippen LogP contribution < -0.4 is 5.32 Å². The van der Waals surface area contributed by atoms with Gasteiger partial charge in [0.15, 0.2) is 5.11 Å². The summed E-state index contributed by atoms with van der Waals surface area (Å²) < 4.78 is 6.11. The largest absolute Gasteiger partial charge is 0.478 e. The summed E-state index contributed by atoms with van der Waals surface area (Å²) in [6.07, 6.45) is 1.71. The van der Waals surface area contributed by atoms with Gasteiger partial charge >= 0.3 is 5.97 Å². The van der Waals surface area contributed by atoms with Crippen LogP contribution in [0.15, 0.2) is 65.2 Å². The van der Waals surface area contributed by atoms with Gasteiger partial charge in [-0.05, 0) is 42.5 Å². The first-order chi connectivity index (χ1) is 14.1. The summed E-state index contributed by atoms with van der Waals surface area (Å²) in [4.78, 5) is 17.9. The van der Waals surface area contributed by atoms with Gasteiger partial charge in [-0.3, -0.25) is 4.98 Å². The van der Waals surface area contributed by atoms with Crippen LogP contribution in [-0.2, 0) is 0 Å². The molecule has 3 aromatic rings. The van der Waals surface area contributed by atoms with Gasteiger partial charge in [-0.2, -0.15) is 0 Å². The van der Waals surface area contributed by atoms with E-state index >= 15 is 0 Å². The number of rotatable bonds is 6. The standard InChI is InChI=1S/C21H19N3O4S/c25-12-11-24-19(18(23-21(24)29)15-7-3-4-10-22-15)17-9-8-16(28-17)13-5-1-2-6-14(13)20(26)27/h1-10,18-19,25H,11-12H2,(H,23,29)(H,26,27)/t18-,19-/m1/s1. The van der Waals surface area contributed by atoms with Crippen molar-refractivity contribution in [3.8, 4) is 11.3 Å². The van der Waals surface area contributed by atoms with Crippen molar-refractivity contribution in [1.82, 2.24) is 15.2 Å². The van der Waals surface area contributed by atoms with E-state index in [2.05, 4.69) is 10.3 Å².